The van der Waals surface area contributed by atoms with Gasteiger partial charge in [-0.05, 0) is 56.1 Å². The second kappa shape index (κ2) is 10.1. The number of benzene rings is 3. The standard InChI is InChI=1S/C30H30N4OS/c1-5-22-10-12-23(13-11-22)18-34-21(4)26(27(31-30(34)36)24-14-6-19(2)7-15-24)29-32-28(33-35-29)25-16-8-20(3)9-17-25/h6-17,27H,5,18H2,1-4H3,(H,31,36). The lowest BCUT2D eigenvalue weighted by atomic mass is 9.94. The summed E-state index contributed by atoms with van der Waals surface area (Å²) in [6.45, 7) is 9.05. The Balaban J connectivity index is 1.57. The van der Waals surface area contributed by atoms with Crippen LogP contribution < -0.4 is 5.32 Å². The summed E-state index contributed by atoms with van der Waals surface area (Å²) in [5.41, 5.74) is 8.86. The van der Waals surface area contributed by atoms with Crippen LogP contribution in [0.25, 0.3) is 17.0 Å². The fourth-order valence-electron chi connectivity index (χ4n) is 4.47. The van der Waals surface area contributed by atoms with Crippen molar-refractivity contribution in [2.75, 3.05) is 0 Å². The Morgan fingerprint density at radius 1 is 0.861 bits per heavy atom. The third kappa shape index (κ3) is 4.82. The number of hydrogen-bond donors (Lipinski definition) is 1. The molecule has 1 aromatic heterocycles. The fourth-order valence-corrected chi connectivity index (χ4v) is 4.79. The highest BCUT2D eigenvalue weighted by Gasteiger charge is 2.34. The highest BCUT2D eigenvalue weighted by Crippen LogP contribution is 2.38. The quantitative estimate of drug-likeness (QED) is 0.298. The van der Waals surface area contributed by atoms with Crippen molar-refractivity contribution >= 4 is 22.9 Å². The van der Waals surface area contributed by atoms with Crippen molar-refractivity contribution in [3.05, 3.63) is 112 Å². The number of aromatic nitrogens is 2. The highest BCUT2D eigenvalue weighted by molar-refractivity contribution is 7.80. The van der Waals surface area contributed by atoms with Crippen molar-refractivity contribution in [3.63, 3.8) is 0 Å². The van der Waals surface area contributed by atoms with Gasteiger partial charge in [0, 0.05) is 17.8 Å². The van der Waals surface area contributed by atoms with Gasteiger partial charge in [0.1, 0.15) is 0 Å². The van der Waals surface area contributed by atoms with E-state index in [-0.39, 0.29) is 6.04 Å². The molecule has 0 saturated carbocycles. The molecule has 6 heteroatoms. The van der Waals surface area contributed by atoms with Crippen LogP contribution in [0, 0.1) is 13.8 Å². The van der Waals surface area contributed by atoms with E-state index < -0.39 is 0 Å². The summed E-state index contributed by atoms with van der Waals surface area (Å²) in [7, 11) is 0. The smallest absolute Gasteiger partial charge is 0.258 e. The van der Waals surface area contributed by atoms with Crippen molar-refractivity contribution in [1.29, 1.82) is 0 Å². The Labute approximate surface area is 217 Å². The zero-order chi connectivity index (χ0) is 25.2. The number of hydrogen-bond acceptors (Lipinski definition) is 4. The summed E-state index contributed by atoms with van der Waals surface area (Å²) in [4.78, 5) is 6.94. The molecule has 2 heterocycles. The fraction of sp³-hybridized carbons (Fsp3) is 0.233. The molecule has 0 saturated heterocycles. The van der Waals surface area contributed by atoms with Gasteiger partial charge in [0.05, 0.1) is 11.6 Å². The van der Waals surface area contributed by atoms with Gasteiger partial charge in [-0.25, -0.2) is 0 Å². The van der Waals surface area contributed by atoms with Crippen LogP contribution in [0.2, 0.25) is 0 Å². The summed E-state index contributed by atoms with van der Waals surface area (Å²) in [5, 5.41) is 8.55. The average Bonchev–Trinajstić information content (AvgIpc) is 3.37. The van der Waals surface area contributed by atoms with Gasteiger partial charge >= 0.3 is 0 Å². The normalized spacial score (nSPS) is 15.8. The molecule has 1 aliphatic rings. The first kappa shape index (κ1) is 23.9. The molecule has 0 bridgehead atoms. The predicted octanol–water partition coefficient (Wildman–Crippen LogP) is 6.78. The first-order chi connectivity index (χ1) is 17.4. The Hall–Kier alpha value is -3.77. The first-order valence-electron chi connectivity index (χ1n) is 12.3. The number of rotatable bonds is 6. The molecule has 0 radical (unpaired) electrons. The van der Waals surface area contributed by atoms with E-state index in [1.54, 1.807) is 0 Å². The maximum atomic E-state index is 5.87. The Kier molecular flexibility index (Phi) is 6.70. The van der Waals surface area contributed by atoms with Crippen LogP contribution in [0.3, 0.4) is 0 Å². The predicted molar refractivity (Wildman–Crippen MR) is 148 cm³/mol. The van der Waals surface area contributed by atoms with Gasteiger partial charge in [-0.3, -0.25) is 0 Å². The average molecular weight is 495 g/mol. The molecule has 3 aromatic carbocycles. The van der Waals surface area contributed by atoms with Gasteiger partial charge in [-0.15, -0.1) is 0 Å². The number of nitrogens with one attached hydrogen (secondary N) is 1. The van der Waals surface area contributed by atoms with E-state index >= 15 is 0 Å². The van der Waals surface area contributed by atoms with Crippen LogP contribution in [0.5, 0.6) is 0 Å². The molecule has 1 N–H and O–H groups in total. The zero-order valence-electron chi connectivity index (χ0n) is 21.1. The Morgan fingerprint density at radius 3 is 2.11 bits per heavy atom. The molecule has 4 aromatic rings. The second-order valence-electron chi connectivity index (χ2n) is 9.34. The maximum Gasteiger partial charge on any atom is 0.258 e. The second-order valence-corrected chi connectivity index (χ2v) is 9.72. The Bertz CT molecular complexity index is 1400. The third-order valence-electron chi connectivity index (χ3n) is 6.75. The van der Waals surface area contributed by atoms with E-state index in [9.17, 15) is 0 Å². The molecule has 36 heavy (non-hydrogen) atoms. The van der Waals surface area contributed by atoms with Crippen molar-refractivity contribution in [1.82, 2.24) is 20.4 Å². The van der Waals surface area contributed by atoms with Gasteiger partial charge < -0.3 is 14.7 Å². The summed E-state index contributed by atoms with van der Waals surface area (Å²) in [6, 6.07) is 25.1. The summed E-state index contributed by atoms with van der Waals surface area (Å²) < 4.78 is 5.87. The number of nitrogens with zero attached hydrogens (tertiary/aromatic N) is 3. The maximum absolute atomic E-state index is 5.87. The summed E-state index contributed by atoms with van der Waals surface area (Å²) >= 11 is 5.87. The van der Waals surface area contributed by atoms with Gasteiger partial charge in [-0.2, -0.15) is 4.98 Å². The minimum Gasteiger partial charge on any atom is -0.351 e. The van der Waals surface area contributed by atoms with Crippen molar-refractivity contribution in [2.24, 2.45) is 0 Å². The monoisotopic (exact) mass is 494 g/mol. The SMILES string of the molecule is CCc1ccc(CN2C(=S)NC(c3ccc(C)cc3)C(c3nc(-c4ccc(C)cc4)no3)=C2C)cc1. The van der Waals surface area contributed by atoms with Crippen LogP contribution in [-0.4, -0.2) is 20.2 Å². The molecular formula is C30H30N4OS. The van der Waals surface area contributed by atoms with E-state index in [1.165, 1.54) is 22.3 Å². The van der Waals surface area contributed by atoms with Crippen LogP contribution in [0.4, 0.5) is 0 Å². The molecule has 1 unspecified atom stereocenters. The highest BCUT2D eigenvalue weighted by atomic mass is 32.1. The lowest BCUT2D eigenvalue weighted by molar-refractivity contribution is 0.396. The molecule has 5 nitrogen and oxygen atoms in total. The van der Waals surface area contributed by atoms with E-state index in [4.69, 9.17) is 21.7 Å². The van der Waals surface area contributed by atoms with Crippen LogP contribution in [-0.2, 0) is 13.0 Å². The number of allylic oxidation sites excluding steroid dienone is 1. The summed E-state index contributed by atoms with van der Waals surface area (Å²) in [5.74, 6) is 1.07. The zero-order valence-corrected chi connectivity index (χ0v) is 21.9. The van der Waals surface area contributed by atoms with Gasteiger partial charge in [0.2, 0.25) is 5.82 Å². The molecule has 0 spiro atoms. The third-order valence-corrected chi connectivity index (χ3v) is 7.08. The van der Waals surface area contributed by atoms with Gasteiger partial charge in [0.25, 0.3) is 5.89 Å². The first-order valence-corrected chi connectivity index (χ1v) is 12.7. The molecule has 0 aliphatic carbocycles. The molecule has 5 rings (SSSR count). The molecule has 0 fully saturated rings. The van der Waals surface area contributed by atoms with E-state index in [0.29, 0.717) is 23.4 Å². The summed E-state index contributed by atoms with van der Waals surface area (Å²) in [6.07, 6.45) is 1.02. The molecule has 0 amide bonds. The topological polar surface area (TPSA) is 54.2 Å². The van der Waals surface area contributed by atoms with E-state index in [2.05, 4.69) is 104 Å². The molecule has 1 atom stereocenters. The number of thiocarbonyl (C=S) groups is 1. The van der Waals surface area contributed by atoms with Gasteiger partial charge in [-0.1, -0.05) is 96.0 Å². The molecule has 182 valence electrons. The van der Waals surface area contributed by atoms with Crippen LogP contribution in [0.1, 0.15) is 53.6 Å². The van der Waals surface area contributed by atoms with Crippen LogP contribution in [0.15, 0.2) is 83.0 Å². The van der Waals surface area contributed by atoms with E-state index in [1.807, 2.05) is 12.1 Å². The van der Waals surface area contributed by atoms with Crippen LogP contribution >= 0.6 is 12.2 Å². The molecular weight excluding hydrogens is 464 g/mol. The largest absolute Gasteiger partial charge is 0.351 e. The lowest BCUT2D eigenvalue weighted by Crippen LogP contribution is -2.45. The van der Waals surface area contributed by atoms with Gasteiger partial charge in [0.15, 0.2) is 5.11 Å². The minimum absolute atomic E-state index is 0.192. The van der Waals surface area contributed by atoms with E-state index in [0.717, 1.165) is 28.8 Å². The number of aryl methyl sites for hydroxylation is 3. The van der Waals surface area contributed by atoms with Crippen molar-refractivity contribution in [2.45, 2.75) is 46.7 Å². The molecule has 1 aliphatic heterocycles. The lowest BCUT2D eigenvalue weighted by Gasteiger charge is -2.37. The van der Waals surface area contributed by atoms with Crippen molar-refractivity contribution in [3.8, 4) is 11.4 Å². The minimum atomic E-state index is -0.192. The van der Waals surface area contributed by atoms with Crippen molar-refractivity contribution < 1.29 is 4.52 Å². The Morgan fingerprint density at radius 2 is 1.47 bits per heavy atom.